The SMILES string of the molecule is C=Cc1ccc2[nH]c(=O)c(C#N)c(N3CCC(C)(OC)CC3)c2n1. The van der Waals surface area contributed by atoms with Crippen molar-refractivity contribution in [3.63, 3.8) is 0 Å². The van der Waals surface area contributed by atoms with Gasteiger partial charge in [0.05, 0.1) is 22.5 Å². The van der Waals surface area contributed by atoms with Crippen LogP contribution >= 0.6 is 0 Å². The molecule has 2 aromatic heterocycles. The zero-order valence-electron chi connectivity index (χ0n) is 13.9. The van der Waals surface area contributed by atoms with Crippen LogP contribution in [0.4, 0.5) is 5.69 Å². The van der Waals surface area contributed by atoms with E-state index >= 15 is 0 Å². The second-order valence-electron chi connectivity index (χ2n) is 6.27. The van der Waals surface area contributed by atoms with Crippen LogP contribution in [0.3, 0.4) is 0 Å². The van der Waals surface area contributed by atoms with E-state index in [1.165, 1.54) is 0 Å². The standard InChI is InChI=1S/C18H20N4O2/c1-4-12-5-6-14-15(20-12)16(13(11-19)17(23)21-14)22-9-7-18(2,24-3)8-10-22/h4-6H,1,7-10H2,2-3H3,(H,21,23). The minimum absolute atomic E-state index is 0.109. The summed E-state index contributed by atoms with van der Waals surface area (Å²) in [4.78, 5) is 21.7. The van der Waals surface area contributed by atoms with E-state index in [9.17, 15) is 10.1 Å². The van der Waals surface area contributed by atoms with E-state index in [1.54, 1.807) is 25.3 Å². The highest BCUT2D eigenvalue weighted by atomic mass is 16.5. The van der Waals surface area contributed by atoms with Gasteiger partial charge in [-0.1, -0.05) is 6.58 Å². The number of piperidine rings is 1. The van der Waals surface area contributed by atoms with Gasteiger partial charge in [-0.3, -0.25) is 4.79 Å². The maximum Gasteiger partial charge on any atom is 0.268 e. The first-order valence-electron chi connectivity index (χ1n) is 7.91. The molecule has 0 amide bonds. The van der Waals surface area contributed by atoms with Crippen molar-refractivity contribution in [2.24, 2.45) is 0 Å². The number of nitrogens with one attached hydrogen (secondary N) is 1. The average Bonchev–Trinajstić information content (AvgIpc) is 2.61. The van der Waals surface area contributed by atoms with Crippen LogP contribution in [0.25, 0.3) is 17.1 Å². The summed E-state index contributed by atoms with van der Waals surface area (Å²) in [6, 6.07) is 5.63. The van der Waals surface area contributed by atoms with Crippen LogP contribution in [-0.4, -0.2) is 35.8 Å². The molecule has 1 saturated heterocycles. The maximum atomic E-state index is 12.3. The fraction of sp³-hybridized carbons (Fsp3) is 0.389. The number of nitrogens with zero attached hydrogens (tertiary/aromatic N) is 3. The zero-order valence-corrected chi connectivity index (χ0v) is 13.9. The van der Waals surface area contributed by atoms with E-state index in [4.69, 9.17) is 4.74 Å². The molecule has 6 nitrogen and oxygen atoms in total. The molecule has 0 atom stereocenters. The second-order valence-corrected chi connectivity index (χ2v) is 6.27. The average molecular weight is 324 g/mol. The molecule has 0 radical (unpaired) electrons. The summed E-state index contributed by atoms with van der Waals surface area (Å²) in [7, 11) is 1.72. The normalized spacial score (nSPS) is 16.8. The lowest BCUT2D eigenvalue weighted by Gasteiger charge is -2.39. The molecule has 0 aliphatic carbocycles. The van der Waals surface area contributed by atoms with Gasteiger partial charge in [-0.15, -0.1) is 0 Å². The summed E-state index contributed by atoms with van der Waals surface area (Å²) in [5, 5.41) is 9.50. The van der Waals surface area contributed by atoms with Crippen LogP contribution in [0.15, 0.2) is 23.5 Å². The van der Waals surface area contributed by atoms with E-state index in [0.717, 1.165) is 12.8 Å². The van der Waals surface area contributed by atoms with Crippen molar-refractivity contribution in [1.29, 1.82) is 5.26 Å². The Morgan fingerprint density at radius 1 is 1.46 bits per heavy atom. The van der Waals surface area contributed by atoms with Gasteiger partial charge in [-0.25, -0.2) is 4.98 Å². The number of aromatic amines is 1. The minimum Gasteiger partial charge on any atom is -0.378 e. The number of nitriles is 1. The number of pyridine rings is 2. The third-order valence-electron chi connectivity index (χ3n) is 4.80. The van der Waals surface area contributed by atoms with Gasteiger partial charge in [0.1, 0.15) is 17.1 Å². The quantitative estimate of drug-likeness (QED) is 0.938. The Hall–Kier alpha value is -2.65. The second kappa shape index (κ2) is 6.10. The van der Waals surface area contributed by atoms with Crippen molar-refractivity contribution in [3.05, 3.63) is 40.3 Å². The Bertz CT molecular complexity index is 886. The number of fused-ring (bicyclic) bond motifs is 1. The fourth-order valence-corrected chi connectivity index (χ4v) is 3.10. The number of ether oxygens (including phenoxy) is 1. The molecule has 1 aliphatic rings. The first kappa shape index (κ1) is 16.2. The summed E-state index contributed by atoms with van der Waals surface area (Å²) < 4.78 is 5.58. The summed E-state index contributed by atoms with van der Waals surface area (Å²) >= 11 is 0. The topological polar surface area (TPSA) is 82.0 Å². The van der Waals surface area contributed by atoms with Gasteiger partial charge < -0.3 is 14.6 Å². The van der Waals surface area contributed by atoms with E-state index in [-0.39, 0.29) is 16.7 Å². The zero-order chi connectivity index (χ0) is 17.3. The molecule has 24 heavy (non-hydrogen) atoms. The van der Waals surface area contributed by atoms with Gasteiger partial charge in [-0.2, -0.15) is 5.26 Å². The summed E-state index contributed by atoms with van der Waals surface area (Å²) in [5.74, 6) is 0. The third-order valence-corrected chi connectivity index (χ3v) is 4.80. The Balaban J connectivity index is 2.16. The molecule has 0 unspecified atom stereocenters. The predicted molar refractivity (Wildman–Crippen MR) is 94.0 cm³/mol. The van der Waals surface area contributed by atoms with Crippen LogP contribution in [-0.2, 0) is 4.74 Å². The van der Waals surface area contributed by atoms with Crippen LogP contribution in [0.1, 0.15) is 31.0 Å². The molecule has 2 aromatic rings. The van der Waals surface area contributed by atoms with E-state index in [2.05, 4.69) is 28.4 Å². The number of anilines is 1. The molecule has 6 heteroatoms. The Kier molecular flexibility index (Phi) is 4.12. The Morgan fingerprint density at radius 2 is 2.17 bits per heavy atom. The molecule has 3 heterocycles. The van der Waals surface area contributed by atoms with E-state index in [1.807, 2.05) is 6.07 Å². The lowest BCUT2D eigenvalue weighted by molar-refractivity contribution is -0.0132. The van der Waals surface area contributed by atoms with Crippen molar-refractivity contribution < 1.29 is 4.74 Å². The van der Waals surface area contributed by atoms with Crippen molar-refractivity contribution in [2.75, 3.05) is 25.1 Å². The predicted octanol–water partition coefficient (Wildman–Crippen LogP) is 2.44. The molecule has 0 saturated carbocycles. The number of hydrogen-bond donors (Lipinski definition) is 1. The van der Waals surface area contributed by atoms with Crippen LogP contribution in [0, 0.1) is 11.3 Å². The van der Waals surface area contributed by atoms with Crippen LogP contribution < -0.4 is 10.5 Å². The highest BCUT2D eigenvalue weighted by Crippen LogP contribution is 2.32. The Labute approximate surface area is 140 Å². The summed E-state index contributed by atoms with van der Waals surface area (Å²) in [6.45, 7) is 7.24. The first-order chi connectivity index (χ1) is 11.5. The van der Waals surface area contributed by atoms with Gasteiger partial charge in [0.25, 0.3) is 5.56 Å². The van der Waals surface area contributed by atoms with Gasteiger partial charge in [0.15, 0.2) is 0 Å². The highest BCUT2D eigenvalue weighted by Gasteiger charge is 2.32. The minimum atomic E-state index is -0.381. The summed E-state index contributed by atoms with van der Waals surface area (Å²) in [5.41, 5.74) is 2.13. The molecule has 0 bridgehead atoms. The first-order valence-corrected chi connectivity index (χ1v) is 7.91. The van der Waals surface area contributed by atoms with Gasteiger partial charge in [-0.05, 0) is 38.0 Å². The van der Waals surface area contributed by atoms with Crippen molar-refractivity contribution >= 4 is 22.8 Å². The fourth-order valence-electron chi connectivity index (χ4n) is 3.10. The molecule has 1 fully saturated rings. The maximum absolute atomic E-state index is 12.3. The molecular formula is C18H20N4O2. The largest absolute Gasteiger partial charge is 0.378 e. The smallest absolute Gasteiger partial charge is 0.268 e. The van der Waals surface area contributed by atoms with Gasteiger partial charge in [0, 0.05) is 20.2 Å². The van der Waals surface area contributed by atoms with Crippen LogP contribution in [0.5, 0.6) is 0 Å². The van der Waals surface area contributed by atoms with E-state index in [0.29, 0.717) is 35.5 Å². The lowest BCUT2D eigenvalue weighted by Crippen LogP contribution is -2.44. The number of H-pyrrole nitrogens is 1. The molecule has 1 N–H and O–H groups in total. The lowest BCUT2D eigenvalue weighted by atomic mass is 9.92. The Morgan fingerprint density at radius 3 is 2.75 bits per heavy atom. The number of hydrogen-bond acceptors (Lipinski definition) is 5. The van der Waals surface area contributed by atoms with E-state index < -0.39 is 0 Å². The monoisotopic (exact) mass is 324 g/mol. The van der Waals surface area contributed by atoms with Crippen molar-refractivity contribution in [2.45, 2.75) is 25.4 Å². The van der Waals surface area contributed by atoms with Gasteiger partial charge >= 0.3 is 0 Å². The third kappa shape index (κ3) is 2.68. The summed E-state index contributed by atoms with van der Waals surface area (Å²) in [6.07, 6.45) is 3.30. The highest BCUT2D eigenvalue weighted by molar-refractivity contribution is 5.91. The molecule has 0 spiro atoms. The molecule has 0 aromatic carbocycles. The number of methoxy groups -OCH3 is 1. The number of rotatable bonds is 3. The van der Waals surface area contributed by atoms with Crippen LogP contribution in [0.2, 0.25) is 0 Å². The molecular weight excluding hydrogens is 304 g/mol. The van der Waals surface area contributed by atoms with Gasteiger partial charge in [0.2, 0.25) is 0 Å². The molecule has 124 valence electrons. The molecule has 1 aliphatic heterocycles. The van der Waals surface area contributed by atoms with Crippen molar-refractivity contribution in [1.82, 2.24) is 9.97 Å². The molecule has 3 rings (SSSR count). The van der Waals surface area contributed by atoms with Crippen molar-refractivity contribution in [3.8, 4) is 6.07 Å². The number of aromatic nitrogens is 2.